The van der Waals surface area contributed by atoms with Gasteiger partial charge in [-0.1, -0.05) is 0 Å². The highest BCUT2D eigenvalue weighted by molar-refractivity contribution is 7.09. The van der Waals surface area contributed by atoms with E-state index in [1.54, 1.807) is 24.5 Å². The molecule has 29 heavy (non-hydrogen) atoms. The first-order valence-corrected chi connectivity index (χ1v) is 10.4. The number of hydrogen-bond donors (Lipinski definition) is 0. The summed E-state index contributed by atoms with van der Waals surface area (Å²) in [4.78, 5) is 37.2. The van der Waals surface area contributed by atoms with Gasteiger partial charge in [-0.05, 0) is 25.1 Å². The number of nitrogens with zero attached hydrogens (tertiary/aromatic N) is 6. The van der Waals surface area contributed by atoms with E-state index in [4.69, 9.17) is 0 Å². The van der Waals surface area contributed by atoms with E-state index >= 15 is 0 Å². The van der Waals surface area contributed by atoms with Crippen LogP contribution in [0.25, 0.3) is 11.3 Å². The van der Waals surface area contributed by atoms with E-state index in [1.165, 1.54) is 16.0 Å². The molecule has 0 radical (unpaired) electrons. The Labute approximate surface area is 172 Å². The molecule has 0 aromatic carbocycles. The fourth-order valence-corrected chi connectivity index (χ4v) is 3.90. The molecule has 1 aliphatic heterocycles. The highest BCUT2D eigenvalue weighted by Crippen LogP contribution is 2.14. The molecule has 150 valence electrons. The molecule has 0 unspecified atom stereocenters. The lowest BCUT2D eigenvalue weighted by Crippen LogP contribution is -2.49. The van der Waals surface area contributed by atoms with Crippen molar-refractivity contribution in [3.63, 3.8) is 0 Å². The Balaban J connectivity index is 1.34. The van der Waals surface area contributed by atoms with Crippen LogP contribution in [-0.2, 0) is 6.54 Å². The van der Waals surface area contributed by atoms with Crippen molar-refractivity contribution in [2.75, 3.05) is 32.7 Å². The zero-order valence-corrected chi connectivity index (χ0v) is 17.0. The number of amides is 1. The van der Waals surface area contributed by atoms with E-state index in [-0.39, 0.29) is 11.5 Å². The van der Waals surface area contributed by atoms with Crippen LogP contribution < -0.4 is 5.56 Å². The maximum Gasteiger partial charge on any atom is 0.273 e. The van der Waals surface area contributed by atoms with Gasteiger partial charge in [0.15, 0.2) is 0 Å². The quantitative estimate of drug-likeness (QED) is 0.634. The number of aryl methyl sites for hydroxylation is 1. The molecule has 1 amide bonds. The van der Waals surface area contributed by atoms with E-state index in [0.29, 0.717) is 31.9 Å². The fourth-order valence-electron chi connectivity index (χ4n) is 3.31. The third-order valence-electron chi connectivity index (χ3n) is 4.95. The molecule has 3 aromatic heterocycles. The number of carbonyl (C=O) groups is 1. The molecule has 4 rings (SSSR count). The summed E-state index contributed by atoms with van der Waals surface area (Å²) in [6.07, 6.45) is 3.44. The molecule has 1 saturated heterocycles. The zero-order valence-electron chi connectivity index (χ0n) is 16.2. The van der Waals surface area contributed by atoms with Crippen LogP contribution in [0.5, 0.6) is 0 Å². The van der Waals surface area contributed by atoms with Gasteiger partial charge >= 0.3 is 0 Å². The summed E-state index contributed by atoms with van der Waals surface area (Å²) in [6.45, 7) is 5.98. The molecule has 0 spiro atoms. The average molecular weight is 411 g/mol. The summed E-state index contributed by atoms with van der Waals surface area (Å²) in [7, 11) is 0. The van der Waals surface area contributed by atoms with Crippen molar-refractivity contribution >= 4 is 17.2 Å². The molecule has 0 aliphatic carbocycles. The number of rotatable bonds is 5. The first-order chi connectivity index (χ1) is 14.1. The van der Waals surface area contributed by atoms with Gasteiger partial charge in [0.05, 0.1) is 17.2 Å². The SMILES string of the molecule is Cc1nc(C(=O)N2CCN(CCn3nc(-c4cccnc4)ccc3=O)CC2)cs1. The number of piperazine rings is 1. The second-order valence-electron chi connectivity index (χ2n) is 6.91. The summed E-state index contributed by atoms with van der Waals surface area (Å²) in [5.74, 6) is -0.00365. The normalized spacial score (nSPS) is 14.9. The predicted molar refractivity (Wildman–Crippen MR) is 111 cm³/mol. The second kappa shape index (κ2) is 8.62. The van der Waals surface area contributed by atoms with Crippen molar-refractivity contribution in [1.29, 1.82) is 0 Å². The van der Waals surface area contributed by atoms with Gasteiger partial charge < -0.3 is 4.90 Å². The lowest BCUT2D eigenvalue weighted by atomic mass is 10.2. The Morgan fingerprint density at radius 2 is 1.97 bits per heavy atom. The standard InChI is InChI=1S/C20H22N6O2S/c1-15-22-18(14-29-15)20(28)25-10-7-24(8-11-25)9-12-26-19(27)5-4-17(23-26)16-3-2-6-21-13-16/h2-6,13-14H,7-12H2,1H3. The van der Waals surface area contributed by atoms with Crippen molar-refractivity contribution < 1.29 is 4.79 Å². The maximum atomic E-state index is 12.5. The van der Waals surface area contributed by atoms with Crippen LogP contribution in [0.15, 0.2) is 46.8 Å². The molecule has 0 atom stereocenters. The maximum absolute atomic E-state index is 12.5. The number of aromatic nitrogens is 4. The van der Waals surface area contributed by atoms with Gasteiger partial charge in [0, 0.05) is 62.1 Å². The van der Waals surface area contributed by atoms with Crippen LogP contribution in [0.2, 0.25) is 0 Å². The number of pyridine rings is 1. The van der Waals surface area contributed by atoms with Crippen molar-refractivity contribution in [1.82, 2.24) is 29.5 Å². The van der Waals surface area contributed by atoms with Gasteiger partial charge in [-0.25, -0.2) is 9.67 Å². The largest absolute Gasteiger partial charge is 0.335 e. The molecular formula is C20H22N6O2S. The third-order valence-corrected chi connectivity index (χ3v) is 5.72. The van der Waals surface area contributed by atoms with Crippen LogP contribution in [-0.4, -0.2) is 68.2 Å². The number of thiazole rings is 1. The Morgan fingerprint density at radius 1 is 1.14 bits per heavy atom. The van der Waals surface area contributed by atoms with Gasteiger partial charge in [-0.3, -0.25) is 19.5 Å². The van der Waals surface area contributed by atoms with Crippen LogP contribution in [0, 0.1) is 6.92 Å². The summed E-state index contributed by atoms with van der Waals surface area (Å²) < 4.78 is 1.50. The molecule has 9 heteroatoms. The van der Waals surface area contributed by atoms with Gasteiger partial charge in [-0.15, -0.1) is 11.3 Å². The highest BCUT2D eigenvalue weighted by Gasteiger charge is 2.23. The summed E-state index contributed by atoms with van der Waals surface area (Å²) in [5, 5.41) is 7.20. The minimum atomic E-state index is -0.120. The third kappa shape index (κ3) is 4.57. The lowest BCUT2D eigenvalue weighted by Gasteiger charge is -2.34. The first-order valence-electron chi connectivity index (χ1n) is 9.52. The van der Waals surface area contributed by atoms with E-state index in [0.717, 1.165) is 29.4 Å². The fraction of sp³-hybridized carbons (Fsp3) is 0.350. The van der Waals surface area contributed by atoms with E-state index < -0.39 is 0 Å². The van der Waals surface area contributed by atoms with Crippen LogP contribution in [0.3, 0.4) is 0 Å². The smallest absolute Gasteiger partial charge is 0.273 e. The summed E-state index contributed by atoms with van der Waals surface area (Å²) >= 11 is 1.49. The molecule has 0 saturated carbocycles. The molecule has 1 fully saturated rings. The van der Waals surface area contributed by atoms with Gasteiger partial charge in [0.1, 0.15) is 5.69 Å². The molecular weight excluding hydrogens is 388 g/mol. The Morgan fingerprint density at radius 3 is 2.66 bits per heavy atom. The van der Waals surface area contributed by atoms with Gasteiger partial charge in [0.2, 0.25) is 0 Å². The molecule has 8 nitrogen and oxygen atoms in total. The van der Waals surface area contributed by atoms with Crippen LogP contribution in [0.4, 0.5) is 0 Å². The van der Waals surface area contributed by atoms with Crippen LogP contribution >= 0.6 is 11.3 Å². The minimum Gasteiger partial charge on any atom is -0.335 e. The van der Waals surface area contributed by atoms with E-state index in [1.807, 2.05) is 29.3 Å². The zero-order chi connectivity index (χ0) is 20.2. The molecule has 0 N–H and O–H groups in total. The molecule has 4 heterocycles. The van der Waals surface area contributed by atoms with Gasteiger partial charge in [-0.2, -0.15) is 5.10 Å². The average Bonchev–Trinajstić information content (AvgIpc) is 3.20. The molecule has 0 bridgehead atoms. The Hall–Kier alpha value is -2.91. The molecule has 3 aromatic rings. The Bertz CT molecular complexity index is 1040. The summed E-state index contributed by atoms with van der Waals surface area (Å²) in [6, 6.07) is 7.03. The first kappa shape index (κ1) is 19.4. The van der Waals surface area contributed by atoms with E-state index in [9.17, 15) is 9.59 Å². The van der Waals surface area contributed by atoms with Crippen molar-refractivity contribution in [2.24, 2.45) is 0 Å². The van der Waals surface area contributed by atoms with Crippen LogP contribution in [0.1, 0.15) is 15.5 Å². The molecule has 1 aliphatic rings. The van der Waals surface area contributed by atoms with E-state index in [2.05, 4.69) is 20.0 Å². The predicted octanol–water partition coefficient (Wildman–Crippen LogP) is 1.53. The summed E-state index contributed by atoms with van der Waals surface area (Å²) in [5.41, 5.74) is 2.02. The highest BCUT2D eigenvalue weighted by atomic mass is 32.1. The monoisotopic (exact) mass is 410 g/mol. The number of carbonyl (C=O) groups excluding carboxylic acids is 1. The number of hydrogen-bond acceptors (Lipinski definition) is 7. The van der Waals surface area contributed by atoms with Crippen molar-refractivity contribution in [2.45, 2.75) is 13.5 Å². The topological polar surface area (TPSA) is 84.2 Å². The van der Waals surface area contributed by atoms with Crippen molar-refractivity contribution in [3.05, 3.63) is 63.1 Å². The Kier molecular flexibility index (Phi) is 5.77. The minimum absolute atomic E-state index is 0.00365. The second-order valence-corrected chi connectivity index (χ2v) is 7.97. The van der Waals surface area contributed by atoms with Crippen molar-refractivity contribution in [3.8, 4) is 11.3 Å². The van der Waals surface area contributed by atoms with Gasteiger partial charge in [0.25, 0.3) is 11.5 Å². The lowest BCUT2D eigenvalue weighted by molar-refractivity contribution is 0.0626.